The van der Waals surface area contributed by atoms with Crippen LogP contribution in [-0.4, -0.2) is 54.9 Å². The van der Waals surface area contributed by atoms with Crippen molar-refractivity contribution < 1.29 is 5.11 Å². The first-order valence-electron chi connectivity index (χ1n) is 4.46. The summed E-state index contributed by atoms with van der Waals surface area (Å²) in [5.74, 6) is 0. The van der Waals surface area contributed by atoms with Gasteiger partial charge in [0.05, 0.1) is 6.10 Å². The number of halogens is 1. The van der Waals surface area contributed by atoms with Crippen LogP contribution in [0.3, 0.4) is 0 Å². The summed E-state index contributed by atoms with van der Waals surface area (Å²) in [5, 5.41) is 12.7. The minimum atomic E-state index is -0.242. The van der Waals surface area contributed by atoms with E-state index in [9.17, 15) is 5.11 Å². The second-order valence-electron chi connectivity index (χ2n) is 3.71. The van der Waals surface area contributed by atoms with Crippen LogP contribution in [0, 0.1) is 0 Å². The monoisotopic (exact) mass is 209 g/mol. The lowest BCUT2D eigenvalue weighted by Crippen LogP contribution is -2.45. The van der Waals surface area contributed by atoms with E-state index in [4.69, 9.17) is 5.73 Å². The van der Waals surface area contributed by atoms with Crippen molar-refractivity contribution in [2.45, 2.75) is 25.1 Å². The highest BCUT2D eigenvalue weighted by Gasteiger charge is 2.28. The highest BCUT2D eigenvalue weighted by molar-refractivity contribution is 5.85. The molecule has 5 heteroatoms. The van der Waals surface area contributed by atoms with E-state index in [1.165, 1.54) is 0 Å². The van der Waals surface area contributed by atoms with E-state index >= 15 is 0 Å². The molecule has 1 fully saturated rings. The number of aliphatic hydroxyl groups is 1. The van der Waals surface area contributed by atoms with Crippen LogP contribution in [0.2, 0.25) is 0 Å². The Hall–Kier alpha value is 0.130. The van der Waals surface area contributed by atoms with Crippen LogP contribution in [0.25, 0.3) is 0 Å². The van der Waals surface area contributed by atoms with E-state index in [-0.39, 0.29) is 30.6 Å². The summed E-state index contributed by atoms with van der Waals surface area (Å²) in [6.07, 6.45) is -0.242. The summed E-state index contributed by atoms with van der Waals surface area (Å²) in [6, 6.07) is 0.402. The first kappa shape index (κ1) is 13.1. The standard InChI is InChI=1S/C8H19N3O.ClH/c1-6(9)5-11(2)7-3-10-4-8(7)12;/h6-8,10,12H,3-5,9H2,1-2H3;1H/t6?,7-,8-;/m1./s1. The maximum absolute atomic E-state index is 9.53. The number of hydrogen-bond acceptors (Lipinski definition) is 4. The Balaban J connectivity index is 0.00000144. The van der Waals surface area contributed by atoms with Crippen LogP contribution in [0.1, 0.15) is 6.92 Å². The molecule has 0 aromatic rings. The lowest BCUT2D eigenvalue weighted by molar-refractivity contribution is 0.0970. The average Bonchev–Trinajstić information content (AvgIpc) is 2.33. The van der Waals surface area contributed by atoms with Gasteiger partial charge in [-0.25, -0.2) is 0 Å². The average molecular weight is 210 g/mol. The fraction of sp³-hybridized carbons (Fsp3) is 1.00. The van der Waals surface area contributed by atoms with Crippen LogP contribution < -0.4 is 11.1 Å². The number of nitrogens with zero attached hydrogens (tertiary/aromatic N) is 1. The number of hydrogen-bond donors (Lipinski definition) is 3. The second-order valence-corrected chi connectivity index (χ2v) is 3.71. The quantitative estimate of drug-likeness (QED) is 0.559. The van der Waals surface area contributed by atoms with Crippen molar-refractivity contribution in [3.05, 3.63) is 0 Å². The summed E-state index contributed by atoms with van der Waals surface area (Å²) < 4.78 is 0. The molecule has 0 bridgehead atoms. The van der Waals surface area contributed by atoms with E-state index in [1.807, 2.05) is 14.0 Å². The fourth-order valence-corrected chi connectivity index (χ4v) is 1.69. The molecule has 4 nitrogen and oxygen atoms in total. The Labute approximate surface area is 85.9 Å². The molecule has 1 aliphatic heterocycles. The van der Waals surface area contributed by atoms with Crippen LogP contribution in [0.4, 0.5) is 0 Å². The Morgan fingerprint density at radius 2 is 2.23 bits per heavy atom. The molecular formula is C8H20ClN3O. The maximum Gasteiger partial charge on any atom is 0.0831 e. The van der Waals surface area contributed by atoms with E-state index < -0.39 is 0 Å². The minimum absolute atomic E-state index is 0. The topological polar surface area (TPSA) is 61.5 Å². The van der Waals surface area contributed by atoms with E-state index in [2.05, 4.69) is 10.2 Å². The summed E-state index contributed by atoms with van der Waals surface area (Å²) in [7, 11) is 2.00. The molecule has 1 aliphatic rings. The van der Waals surface area contributed by atoms with Crippen molar-refractivity contribution in [1.29, 1.82) is 0 Å². The van der Waals surface area contributed by atoms with Crippen molar-refractivity contribution in [3.8, 4) is 0 Å². The van der Waals surface area contributed by atoms with Gasteiger partial charge in [-0.3, -0.25) is 4.90 Å². The van der Waals surface area contributed by atoms with Crippen molar-refractivity contribution in [1.82, 2.24) is 10.2 Å². The predicted molar refractivity (Wildman–Crippen MR) is 56.2 cm³/mol. The molecule has 1 unspecified atom stereocenters. The number of aliphatic hydroxyl groups excluding tert-OH is 1. The molecule has 4 N–H and O–H groups in total. The van der Waals surface area contributed by atoms with Crippen LogP contribution >= 0.6 is 12.4 Å². The molecule has 0 spiro atoms. The second kappa shape index (κ2) is 5.78. The molecule has 3 atom stereocenters. The smallest absolute Gasteiger partial charge is 0.0831 e. The highest BCUT2D eigenvalue weighted by Crippen LogP contribution is 2.06. The van der Waals surface area contributed by atoms with Crippen molar-refractivity contribution in [2.24, 2.45) is 5.73 Å². The molecule has 0 aliphatic carbocycles. The molecule has 0 aromatic heterocycles. The molecule has 1 saturated heterocycles. The first-order valence-corrected chi connectivity index (χ1v) is 4.46. The van der Waals surface area contributed by atoms with Crippen LogP contribution in [0.5, 0.6) is 0 Å². The molecule has 13 heavy (non-hydrogen) atoms. The first-order chi connectivity index (χ1) is 5.61. The zero-order valence-electron chi connectivity index (χ0n) is 8.23. The third-order valence-corrected chi connectivity index (χ3v) is 2.29. The van der Waals surface area contributed by atoms with Gasteiger partial charge in [-0.1, -0.05) is 0 Å². The Morgan fingerprint density at radius 3 is 2.62 bits per heavy atom. The highest BCUT2D eigenvalue weighted by atomic mass is 35.5. The zero-order chi connectivity index (χ0) is 9.14. The van der Waals surface area contributed by atoms with E-state index in [1.54, 1.807) is 0 Å². The zero-order valence-corrected chi connectivity index (χ0v) is 9.05. The van der Waals surface area contributed by atoms with Gasteiger partial charge in [-0.2, -0.15) is 0 Å². The largest absolute Gasteiger partial charge is 0.390 e. The molecule has 80 valence electrons. The van der Waals surface area contributed by atoms with Gasteiger partial charge in [0, 0.05) is 31.7 Å². The molecule has 0 saturated carbocycles. The van der Waals surface area contributed by atoms with E-state index in [0.717, 1.165) is 13.1 Å². The molecule has 0 aromatic carbocycles. The number of nitrogens with two attached hydrogens (primary N) is 1. The molecule has 1 heterocycles. The van der Waals surface area contributed by atoms with Gasteiger partial charge >= 0.3 is 0 Å². The van der Waals surface area contributed by atoms with Gasteiger partial charge in [0.2, 0.25) is 0 Å². The Morgan fingerprint density at radius 1 is 1.62 bits per heavy atom. The van der Waals surface area contributed by atoms with Gasteiger partial charge in [0.25, 0.3) is 0 Å². The Bertz CT molecular complexity index is 145. The molecule has 0 amide bonds. The fourth-order valence-electron chi connectivity index (χ4n) is 1.69. The van der Waals surface area contributed by atoms with Gasteiger partial charge < -0.3 is 16.2 Å². The Kier molecular flexibility index (Phi) is 5.83. The van der Waals surface area contributed by atoms with Crippen LogP contribution in [-0.2, 0) is 0 Å². The molecular weight excluding hydrogens is 190 g/mol. The number of likely N-dealkylation sites (N-methyl/N-ethyl adjacent to an activating group) is 1. The maximum atomic E-state index is 9.53. The van der Waals surface area contributed by atoms with Gasteiger partial charge in [0.1, 0.15) is 0 Å². The molecule has 0 radical (unpaired) electrons. The van der Waals surface area contributed by atoms with Crippen molar-refractivity contribution in [2.75, 3.05) is 26.7 Å². The van der Waals surface area contributed by atoms with E-state index in [0.29, 0.717) is 6.54 Å². The number of rotatable bonds is 3. The van der Waals surface area contributed by atoms with Gasteiger partial charge in [-0.15, -0.1) is 12.4 Å². The third kappa shape index (κ3) is 3.79. The normalized spacial score (nSPS) is 30.2. The lowest BCUT2D eigenvalue weighted by Gasteiger charge is -2.27. The predicted octanol–water partition coefficient (Wildman–Crippen LogP) is -0.980. The summed E-state index contributed by atoms with van der Waals surface area (Å²) in [6.45, 7) is 4.38. The number of β-amino-alcohol motifs (C(OH)–C–C–N with tert-alkyl or cyclic N) is 1. The number of nitrogens with one attached hydrogen (secondary N) is 1. The molecule has 1 rings (SSSR count). The summed E-state index contributed by atoms with van der Waals surface area (Å²) in [4.78, 5) is 2.12. The third-order valence-electron chi connectivity index (χ3n) is 2.29. The van der Waals surface area contributed by atoms with Crippen LogP contribution in [0.15, 0.2) is 0 Å². The minimum Gasteiger partial charge on any atom is -0.390 e. The SMILES string of the molecule is CC(N)CN(C)[C@@H]1CNC[C@H]1O.Cl. The summed E-state index contributed by atoms with van der Waals surface area (Å²) >= 11 is 0. The van der Waals surface area contributed by atoms with Crippen molar-refractivity contribution in [3.63, 3.8) is 0 Å². The van der Waals surface area contributed by atoms with Gasteiger partial charge in [-0.05, 0) is 14.0 Å². The van der Waals surface area contributed by atoms with Gasteiger partial charge in [0.15, 0.2) is 0 Å². The lowest BCUT2D eigenvalue weighted by atomic mass is 10.2. The summed E-state index contributed by atoms with van der Waals surface area (Å²) in [5.41, 5.74) is 5.66. The van der Waals surface area contributed by atoms with Crippen molar-refractivity contribution >= 4 is 12.4 Å².